The van der Waals surface area contributed by atoms with E-state index in [1.54, 1.807) is 14.0 Å². The van der Waals surface area contributed by atoms with Gasteiger partial charge in [-0.1, -0.05) is 17.3 Å². The largest absolute Gasteiger partial charge is 0.497 e. The van der Waals surface area contributed by atoms with Gasteiger partial charge in [-0.2, -0.15) is 0 Å². The normalized spacial score (nSPS) is 11.2. The molecular weight excluding hydrogens is 358 g/mol. The highest BCUT2D eigenvalue weighted by Crippen LogP contribution is 2.17. The van der Waals surface area contributed by atoms with Crippen LogP contribution >= 0.6 is 0 Å². The fourth-order valence-electron chi connectivity index (χ4n) is 2.39. The summed E-state index contributed by atoms with van der Waals surface area (Å²) >= 11 is 0. The van der Waals surface area contributed by atoms with E-state index in [-0.39, 0.29) is 24.7 Å². The average Bonchev–Trinajstić information content (AvgIpc) is 3.00. The maximum atomic E-state index is 12.0. The summed E-state index contributed by atoms with van der Waals surface area (Å²) in [5.74, 6) is 1.20. The minimum Gasteiger partial charge on any atom is -0.497 e. The van der Waals surface area contributed by atoms with Crippen LogP contribution in [0.15, 0.2) is 34.9 Å². The lowest BCUT2D eigenvalue weighted by Crippen LogP contribution is -2.35. The third-order valence-electron chi connectivity index (χ3n) is 3.68. The quantitative estimate of drug-likeness (QED) is 0.706. The number of benzene rings is 1. The molecule has 1 aromatic carbocycles. The summed E-state index contributed by atoms with van der Waals surface area (Å²) in [5.41, 5.74) is 1.04. The molecule has 26 heavy (non-hydrogen) atoms. The van der Waals surface area contributed by atoms with Crippen molar-refractivity contribution in [3.8, 4) is 5.75 Å². The Morgan fingerprint density at radius 3 is 2.73 bits per heavy atom. The lowest BCUT2D eigenvalue weighted by Gasteiger charge is -2.18. The molecule has 2 rings (SSSR count). The van der Waals surface area contributed by atoms with Crippen LogP contribution in [0.5, 0.6) is 5.75 Å². The zero-order chi connectivity index (χ0) is 19.2. The maximum Gasteiger partial charge on any atom is 0.233 e. The molecule has 1 N–H and O–H groups in total. The SMILES string of the molecule is COc1cccc(CCNC(=O)CCN(c2cc(C)on2)S(C)(=O)=O)c1. The van der Waals surface area contributed by atoms with E-state index >= 15 is 0 Å². The number of amides is 1. The second-order valence-electron chi connectivity index (χ2n) is 5.83. The molecule has 0 aliphatic rings. The molecule has 2 aromatic rings. The molecule has 0 radical (unpaired) electrons. The molecular formula is C17H23N3O5S. The fraction of sp³-hybridized carbons (Fsp3) is 0.412. The van der Waals surface area contributed by atoms with Gasteiger partial charge in [-0.05, 0) is 31.0 Å². The summed E-state index contributed by atoms with van der Waals surface area (Å²) in [6.07, 6.45) is 1.75. The highest BCUT2D eigenvalue weighted by atomic mass is 32.2. The Bertz CT molecular complexity index is 848. The van der Waals surface area contributed by atoms with Crippen LogP contribution in [0.1, 0.15) is 17.7 Å². The van der Waals surface area contributed by atoms with Crippen molar-refractivity contribution >= 4 is 21.7 Å². The van der Waals surface area contributed by atoms with Crippen LogP contribution in [0, 0.1) is 6.92 Å². The predicted octanol–water partition coefficient (Wildman–Crippen LogP) is 1.51. The van der Waals surface area contributed by atoms with Crippen LogP contribution < -0.4 is 14.4 Å². The highest BCUT2D eigenvalue weighted by molar-refractivity contribution is 7.92. The van der Waals surface area contributed by atoms with Crippen molar-refractivity contribution in [2.24, 2.45) is 0 Å². The van der Waals surface area contributed by atoms with Gasteiger partial charge in [0.2, 0.25) is 15.9 Å². The molecule has 9 heteroatoms. The van der Waals surface area contributed by atoms with Crippen molar-refractivity contribution in [1.82, 2.24) is 10.5 Å². The van der Waals surface area contributed by atoms with E-state index in [1.165, 1.54) is 6.07 Å². The number of anilines is 1. The maximum absolute atomic E-state index is 12.0. The third-order valence-corrected chi connectivity index (χ3v) is 4.85. The van der Waals surface area contributed by atoms with Gasteiger partial charge in [0.25, 0.3) is 0 Å². The number of hydrogen-bond donors (Lipinski definition) is 1. The van der Waals surface area contributed by atoms with E-state index in [0.29, 0.717) is 18.7 Å². The number of aryl methyl sites for hydroxylation is 1. The molecule has 0 aliphatic carbocycles. The van der Waals surface area contributed by atoms with Crippen molar-refractivity contribution in [3.05, 3.63) is 41.7 Å². The number of aromatic nitrogens is 1. The van der Waals surface area contributed by atoms with Gasteiger partial charge in [-0.15, -0.1) is 0 Å². The van der Waals surface area contributed by atoms with Gasteiger partial charge >= 0.3 is 0 Å². The van der Waals surface area contributed by atoms with Gasteiger partial charge in [0.1, 0.15) is 11.5 Å². The zero-order valence-electron chi connectivity index (χ0n) is 15.1. The summed E-state index contributed by atoms with van der Waals surface area (Å²) < 4.78 is 35.0. The van der Waals surface area contributed by atoms with Crippen LogP contribution in [-0.2, 0) is 21.2 Å². The molecule has 0 aliphatic heterocycles. The van der Waals surface area contributed by atoms with E-state index in [2.05, 4.69) is 10.5 Å². The summed E-state index contributed by atoms with van der Waals surface area (Å²) in [6.45, 7) is 2.12. The Balaban J connectivity index is 1.84. The molecule has 1 amide bonds. The standard InChI is InChI=1S/C17H23N3O5S/c1-13-11-16(19-25-13)20(26(3,22)23)10-8-17(21)18-9-7-14-5-4-6-15(12-14)24-2/h4-6,11-12H,7-10H2,1-3H3,(H,18,21). The molecule has 8 nitrogen and oxygen atoms in total. The van der Waals surface area contributed by atoms with Gasteiger partial charge in [-0.25, -0.2) is 8.42 Å². The highest BCUT2D eigenvalue weighted by Gasteiger charge is 2.21. The fourth-order valence-corrected chi connectivity index (χ4v) is 3.24. The van der Waals surface area contributed by atoms with Crippen LogP contribution in [0.3, 0.4) is 0 Å². The van der Waals surface area contributed by atoms with E-state index in [4.69, 9.17) is 9.26 Å². The topological polar surface area (TPSA) is 102 Å². The van der Waals surface area contributed by atoms with Gasteiger partial charge in [0, 0.05) is 25.6 Å². The summed E-state index contributed by atoms with van der Waals surface area (Å²) in [5, 5.41) is 6.49. The molecule has 0 unspecified atom stereocenters. The molecule has 0 atom stereocenters. The molecule has 1 aromatic heterocycles. The van der Waals surface area contributed by atoms with E-state index in [9.17, 15) is 13.2 Å². The van der Waals surface area contributed by atoms with Crippen LogP contribution in [0.25, 0.3) is 0 Å². The number of hydrogen-bond acceptors (Lipinski definition) is 6. The Morgan fingerprint density at radius 2 is 2.12 bits per heavy atom. The van der Waals surface area contributed by atoms with Gasteiger partial charge < -0.3 is 14.6 Å². The molecule has 0 spiro atoms. The first-order valence-electron chi connectivity index (χ1n) is 8.10. The van der Waals surface area contributed by atoms with Crippen molar-refractivity contribution in [1.29, 1.82) is 0 Å². The first-order chi connectivity index (χ1) is 12.3. The Hall–Kier alpha value is -2.55. The van der Waals surface area contributed by atoms with Crippen molar-refractivity contribution in [2.75, 3.05) is 30.8 Å². The molecule has 0 bridgehead atoms. The Labute approximate surface area is 153 Å². The first kappa shape index (κ1) is 19.8. The number of carbonyl (C=O) groups is 1. The van der Waals surface area contributed by atoms with E-state index in [1.807, 2.05) is 24.3 Å². The summed E-state index contributed by atoms with van der Waals surface area (Å²) in [6, 6.07) is 9.12. The van der Waals surface area contributed by atoms with Crippen molar-refractivity contribution in [2.45, 2.75) is 19.8 Å². The molecule has 0 saturated heterocycles. The van der Waals surface area contributed by atoms with Gasteiger partial charge in [0.05, 0.1) is 13.4 Å². The van der Waals surface area contributed by atoms with Crippen LogP contribution in [-0.4, -0.2) is 45.9 Å². The number of carbonyl (C=O) groups excluding carboxylic acids is 1. The monoisotopic (exact) mass is 381 g/mol. The number of rotatable bonds is 9. The molecule has 142 valence electrons. The minimum absolute atomic E-state index is 0.00417. The van der Waals surface area contributed by atoms with E-state index < -0.39 is 10.0 Å². The van der Waals surface area contributed by atoms with Gasteiger partial charge in [0.15, 0.2) is 5.82 Å². The van der Waals surface area contributed by atoms with Crippen LogP contribution in [0.2, 0.25) is 0 Å². The Morgan fingerprint density at radius 1 is 1.35 bits per heavy atom. The second-order valence-corrected chi connectivity index (χ2v) is 7.74. The lowest BCUT2D eigenvalue weighted by molar-refractivity contribution is -0.120. The van der Waals surface area contributed by atoms with Crippen molar-refractivity contribution in [3.63, 3.8) is 0 Å². The number of methoxy groups -OCH3 is 1. The lowest BCUT2D eigenvalue weighted by atomic mass is 10.1. The predicted molar refractivity (Wildman–Crippen MR) is 97.8 cm³/mol. The molecule has 0 saturated carbocycles. The van der Waals surface area contributed by atoms with Crippen LogP contribution in [0.4, 0.5) is 5.82 Å². The first-order valence-corrected chi connectivity index (χ1v) is 9.95. The number of sulfonamides is 1. The summed E-state index contributed by atoms with van der Waals surface area (Å²) in [7, 11) is -1.95. The minimum atomic E-state index is -3.55. The van der Waals surface area contributed by atoms with Crippen molar-refractivity contribution < 1.29 is 22.5 Å². The number of nitrogens with zero attached hydrogens (tertiary/aromatic N) is 2. The summed E-state index contributed by atoms with van der Waals surface area (Å²) in [4.78, 5) is 12.0. The second kappa shape index (κ2) is 8.70. The van der Waals surface area contributed by atoms with E-state index in [0.717, 1.165) is 21.9 Å². The van der Waals surface area contributed by atoms with Gasteiger partial charge in [-0.3, -0.25) is 9.10 Å². The Kier molecular flexibility index (Phi) is 6.62. The number of nitrogens with one attached hydrogen (secondary N) is 1. The molecule has 1 heterocycles. The molecule has 0 fully saturated rings. The zero-order valence-corrected chi connectivity index (χ0v) is 15.9. The average molecular weight is 381 g/mol. The third kappa shape index (κ3) is 5.76. The smallest absolute Gasteiger partial charge is 0.233 e. The number of ether oxygens (including phenoxy) is 1.